The number of carbonyl (C=O) groups is 1. The molecule has 0 saturated carbocycles. The Morgan fingerprint density at radius 3 is 2.50 bits per heavy atom. The van der Waals surface area contributed by atoms with Crippen LogP contribution >= 0.6 is 23.2 Å². The molecule has 0 aromatic carbocycles. The van der Waals surface area contributed by atoms with Crippen LogP contribution < -0.4 is 0 Å². The monoisotopic (exact) mass is 270 g/mol. The first-order valence-corrected chi connectivity index (χ1v) is 4.43. The molecular formula is C7H2Cl2F2N2O3. The molecule has 1 rings (SSSR count). The minimum atomic E-state index is -3.12. The first-order chi connectivity index (χ1) is 7.34. The zero-order valence-corrected chi connectivity index (χ0v) is 8.80. The maximum Gasteiger partial charge on any atom is 0.373 e. The number of hydrogen-bond acceptors (Lipinski definition) is 4. The van der Waals surface area contributed by atoms with Crippen LogP contribution in [-0.4, -0.2) is 15.1 Å². The molecule has 0 spiro atoms. The molecule has 86 valence electrons. The van der Waals surface area contributed by atoms with Gasteiger partial charge in [0.2, 0.25) is 0 Å². The van der Waals surface area contributed by atoms with Crippen molar-refractivity contribution in [2.45, 2.75) is 6.43 Å². The smallest absolute Gasteiger partial charge is 0.358 e. The number of aromatic nitrogens is 1. The van der Waals surface area contributed by atoms with Crippen LogP contribution in [0.5, 0.6) is 0 Å². The highest BCUT2D eigenvalue weighted by Gasteiger charge is 2.29. The van der Waals surface area contributed by atoms with E-state index < -0.39 is 38.7 Å². The Morgan fingerprint density at radius 2 is 2.12 bits per heavy atom. The number of pyridine rings is 1. The van der Waals surface area contributed by atoms with Gasteiger partial charge in [0.25, 0.3) is 17.4 Å². The molecule has 0 amide bonds. The Kier molecular flexibility index (Phi) is 3.71. The topological polar surface area (TPSA) is 73.1 Å². The molecule has 0 aliphatic carbocycles. The molecule has 0 aliphatic heterocycles. The molecule has 0 bridgehead atoms. The first kappa shape index (κ1) is 12.7. The number of nitrogens with zero attached hydrogens (tertiary/aromatic N) is 2. The van der Waals surface area contributed by atoms with E-state index >= 15 is 0 Å². The fourth-order valence-corrected chi connectivity index (χ4v) is 1.38. The van der Waals surface area contributed by atoms with Gasteiger partial charge in [-0.15, -0.1) is 0 Å². The Labute approximate surface area is 97.1 Å². The predicted octanol–water partition coefficient (Wildman–Crippen LogP) is 2.96. The zero-order valence-electron chi connectivity index (χ0n) is 7.29. The average molecular weight is 271 g/mol. The van der Waals surface area contributed by atoms with Gasteiger partial charge in [0, 0.05) is 0 Å². The van der Waals surface area contributed by atoms with E-state index in [2.05, 4.69) is 4.98 Å². The fraction of sp³-hybridized carbons (Fsp3) is 0.143. The summed E-state index contributed by atoms with van der Waals surface area (Å²) in [6.45, 7) is 0. The van der Waals surface area contributed by atoms with Crippen LogP contribution in [0.1, 0.15) is 22.5 Å². The summed E-state index contributed by atoms with van der Waals surface area (Å²) in [4.78, 5) is 23.1. The second-order valence-corrected chi connectivity index (χ2v) is 3.31. The van der Waals surface area contributed by atoms with Crippen molar-refractivity contribution in [2.75, 3.05) is 0 Å². The molecule has 5 nitrogen and oxygen atoms in total. The normalized spacial score (nSPS) is 10.6. The third-order valence-electron chi connectivity index (χ3n) is 1.58. The summed E-state index contributed by atoms with van der Waals surface area (Å²) in [5, 5.41) is 8.81. The van der Waals surface area contributed by atoms with Crippen LogP contribution in [0.25, 0.3) is 0 Å². The van der Waals surface area contributed by atoms with Crippen LogP contribution in [0, 0.1) is 10.1 Å². The summed E-state index contributed by atoms with van der Waals surface area (Å²) in [5.41, 5.74) is -1.59. The van der Waals surface area contributed by atoms with Crippen molar-refractivity contribution >= 4 is 34.3 Å². The van der Waals surface area contributed by atoms with Gasteiger partial charge in [-0.05, 0) is 27.6 Å². The lowest BCUT2D eigenvalue weighted by Crippen LogP contribution is -2.05. The summed E-state index contributed by atoms with van der Waals surface area (Å²) < 4.78 is 24.8. The van der Waals surface area contributed by atoms with E-state index in [0.29, 0.717) is 6.07 Å². The molecule has 0 atom stereocenters. The highest BCUT2D eigenvalue weighted by molar-refractivity contribution is 6.68. The van der Waals surface area contributed by atoms with E-state index in [1.807, 2.05) is 0 Å². The fourth-order valence-electron chi connectivity index (χ4n) is 0.938. The molecule has 0 N–H and O–H groups in total. The van der Waals surface area contributed by atoms with Crippen molar-refractivity contribution in [1.29, 1.82) is 0 Å². The maximum absolute atomic E-state index is 12.4. The molecule has 0 fully saturated rings. The molecule has 9 heteroatoms. The van der Waals surface area contributed by atoms with Gasteiger partial charge in [0.05, 0.1) is 5.02 Å². The van der Waals surface area contributed by atoms with Crippen molar-refractivity contribution < 1.29 is 18.5 Å². The van der Waals surface area contributed by atoms with Crippen LogP contribution in [0.2, 0.25) is 5.02 Å². The average Bonchev–Trinajstić information content (AvgIpc) is 2.15. The van der Waals surface area contributed by atoms with Gasteiger partial charge in [-0.3, -0.25) is 4.79 Å². The largest absolute Gasteiger partial charge is 0.373 e. The lowest BCUT2D eigenvalue weighted by atomic mass is 10.2. The van der Waals surface area contributed by atoms with Crippen LogP contribution in [0.15, 0.2) is 6.07 Å². The van der Waals surface area contributed by atoms with Crippen molar-refractivity contribution in [2.24, 2.45) is 0 Å². The minimum Gasteiger partial charge on any atom is -0.358 e. The Bertz CT molecular complexity index is 467. The van der Waals surface area contributed by atoms with Gasteiger partial charge in [-0.1, -0.05) is 11.6 Å². The highest BCUT2D eigenvalue weighted by Crippen LogP contribution is 2.31. The molecule has 1 aromatic rings. The number of nitro groups is 1. The maximum atomic E-state index is 12.4. The third kappa shape index (κ3) is 2.42. The van der Waals surface area contributed by atoms with Crippen LogP contribution in [0.4, 0.5) is 14.6 Å². The van der Waals surface area contributed by atoms with E-state index in [1.165, 1.54) is 0 Å². The Morgan fingerprint density at radius 1 is 1.56 bits per heavy atom. The number of halogens is 4. The molecule has 0 radical (unpaired) electrons. The number of rotatable bonds is 3. The second kappa shape index (κ2) is 4.67. The summed E-state index contributed by atoms with van der Waals surface area (Å²) in [5.74, 6) is -1.14. The van der Waals surface area contributed by atoms with Crippen molar-refractivity contribution in [1.82, 2.24) is 4.98 Å². The summed E-state index contributed by atoms with van der Waals surface area (Å²) in [6, 6.07) is 0.604. The van der Waals surface area contributed by atoms with E-state index in [-0.39, 0.29) is 0 Å². The van der Waals surface area contributed by atoms with Gasteiger partial charge >= 0.3 is 5.82 Å². The van der Waals surface area contributed by atoms with Crippen LogP contribution in [-0.2, 0) is 0 Å². The SMILES string of the molecule is O=C(Cl)c1nc([N+](=O)[O-])c(C(F)F)cc1Cl. The molecule has 1 heterocycles. The Balaban J connectivity index is 3.49. The van der Waals surface area contributed by atoms with Gasteiger partial charge in [-0.25, -0.2) is 8.78 Å². The number of hydrogen-bond donors (Lipinski definition) is 0. The summed E-state index contributed by atoms with van der Waals surface area (Å²) in [7, 11) is 0. The standard InChI is InChI=1S/C7H2Cl2F2N2O3/c8-3-1-2(6(10)11)7(13(15)16)12-4(3)5(9)14/h1,6H. The van der Waals surface area contributed by atoms with E-state index in [4.69, 9.17) is 23.2 Å². The minimum absolute atomic E-state index is 0.457. The first-order valence-electron chi connectivity index (χ1n) is 3.67. The van der Waals surface area contributed by atoms with E-state index in [1.54, 1.807) is 0 Å². The molecular weight excluding hydrogens is 269 g/mol. The van der Waals surface area contributed by atoms with Crippen molar-refractivity contribution in [3.05, 3.63) is 32.5 Å². The molecule has 0 unspecified atom stereocenters. The predicted molar refractivity (Wildman–Crippen MR) is 51.0 cm³/mol. The quantitative estimate of drug-likeness (QED) is 0.481. The number of carbonyl (C=O) groups excluding carboxylic acids is 1. The number of alkyl halides is 2. The van der Waals surface area contributed by atoms with Crippen LogP contribution in [0.3, 0.4) is 0 Å². The molecule has 0 saturated heterocycles. The zero-order chi connectivity index (χ0) is 12.5. The van der Waals surface area contributed by atoms with Gasteiger partial charge < -0.3 is 10.1 Å². The molecule has 1 aromatic heterocycles. The van der Waals surface area contributed by atoms with Gasteiger partial charge in [-0.2, -0.15) is 0 Å². The van der Waals surface area contributed by atoms with E-state index in [9.17, 15) is 23.7 Å². The highest BCUT2D eigenvalue weighted by atomic mass is 35.5. The third-order valence-corrected chi connectivity index (χ3v) is 2.05. The van der Waals surface area contributed by atoms with Gasteiger partial charge in [0.1, 0.15) is 5.56 Å². The van der Waals surface area contributed by atoms with Crippen molar-refractivity contribution in [3.8, 4) is 0 Å². The van der Waals surface area contributed by atoms with E-state index in [0.717, 1.165) is 0 Å². The lowest BCUT2D eigenvalue weighted by Gasteiger charge is -2.02. The summed E-state index contributed by atoms with van der Waals surface area (Å²) >= 11 is 10.4. The van der Waals surface area contributed by atoms with Crippen molar-refractivity contribution in [3.63, 3.8) is 0 Å². The van der Waals surface area contributed by atoms with Gasteiger partial charge in [0.15, 0.2) is 0 Å². The molecule has 16 heavy (non-hydrogen) atoms. The molecule has 0 aliphatic rings. The second-order valence-electron chi connectivity index (χ2n) is 2.56. The Hall–Kier alpha value is -1.34. The summed E-state index contributed by atoms with van der Waals surface area (Å²) in [6.07, 6.45) is -3.12. The lowest BCUT2D eigenvalue weighted by molar-refractivity contribution is -0.391.